The van der Waals surface area contributed by atoms with E-state index in [0.717, 1.165) is 44.2 Å². The summed E-state index contributed by atoms with van der Waals surface area (Å²) >= 11 is 1.50. The number of ether oxygens (including phenoxy) is 1. The van der Waals surface area contributed by atoms with Crippen LogP contribution in [0.5, 0.6) is 0 Å². The molecule has 0 aliphatic carbocycles. The van der Waals surface area contributed by atoms with Crippen LogP contribution in [-0.4, -0.2) is 33.3 Å². The number of nitrogens with zero attached hydrogens (tertiary/aromatic N) is 1. The molecule has 2 aromatic rings. The quantitative estimate of drug-likeness (QED) is 0.140. The van der Waals surface area contributed by atoms with E-state index in [2.05, 4.69) is 65.1 Å². The molecule has 1 aliphatic rings. The maximum absolute atomic E-state index is 12.9. The topological polar surface area (TPSA) is 55.8 Å². The van der Waals surface area contributed by atoms with Crippen molar-refractivity contribution in [3.8, 4) is 0 Å². The molecule has 7 heteroatoms. The Morgan fingerprint density at radius 1 is 1.11 bits per heavy atom. The van der Waals surface area contributed by atoms with Crippen LogP contribution in [0.1, 0.15) is 105 Å². The van der Waals surface area contributed by atoms with Crippen LogP contribution in [0.3, 0.4) is 0 Å². The number of hydrogen-bond donors (Lipinski definition) is 0. The molecule has 0 spiro atoms. The molecule has 1 unspecified atom stereocenters. The van der Waals surface area contributed by atoms with E-state index in [1.807, 2.05) is 17.0 Å². The van der Waals surface area contributed by atoms with E-state index < -0.39 is 8.32 Å². The molecule has 210 valence electrons. The minimum atomic E-state index is -1.91. The lowest BCUT2D eigenvalue weighted by Crippen LogP contribution is -2.41. The van der Waals surface area contributed by atoms with Crippen molar-refractivity contribution in [2.24, 2.45) is 0 Å². The van der Waals surface area contributed by atoms with Gasteiger partial charge < -0.3 is 14.1 Å². The molecule has 38 heavy (non-hydrogen) atoms. The number of anilines is 1. The fourth-order valence-corrected chi connectivity index (χ4v) is 7.15. The third-order valence-corrected chi connectivity index (χ3v) is 13.8. The van der Waals surface area contributed by atoms with E-state index >= 15 is 0 Å². The Morgan fingerprint density at radius 3 is 2.45 bits per heavy atom. The minimum Gasteiger partial charge on any atom is -0.465 e. The van der Waals surface area contributed by atoms with Crippen LogP contribution in [0.15, 0.2) is 36.4 Å². The Hall–Kier alpha value is -1.96. The highest BCUT2D eigenvalue weighted by atomic mass is 32.1. The Labute approximate surface area is 235 Å². The van der Waals surface area contributed by atoms with Crippen molar-refractivity contribution in [3.05, 3.63) is 51.7 Å². The van der Waals surface area contributed by atoms with Gasteiger partial charge in [-0.05, 0) is 80.1 Å². The van der Waals surface area contributed by atoms with Crippen LogP contribution >= 0.6 is 11.3 Å². The van der Waals surface area contributed by atoms with Gasteiger partial charge in [0.2, 0.25) is 5.91 Å². The van der Waals surface area contributed by atoms with Crippen molar-refractivity contribution >= 4 is 37.2 Å². The number of methoxy groups -OCH3 is 1. The lowest BCUT2D eigenvalue weighted by molar-refractivity contribution is -0.117. The van der Waals surface area contributed by atoms with Gasteiger partial charge >= 0.3 is 5.97 Å². The van der Waals surface area contributed by atoms with Crippen LogP contribution in [0.2, 0.25) is 18.1 Å². The van der Waals surface area contributed by atoms with Crippen LogP contribution in [0, 0.1) is 0 Å². The molecule has 0 radical (unpaired) electrons. The molecular weight excluding hydrogens is 510 g/mol. The van der Waals surface area contributed by atoms with Gasteiger partial charge in [-0.1, -0.05) is 59.1 Å². The van der Waals surface area contributed by atoms with Gasteiger partial charge in [0, 0.05) is 23.0 Å². The smallest absolute Gasteiger partial charge is 0.348 e. The van der Waals surface area contributed by atoms with Gasteiger partial charge in [0.15, 0.2) is 8.32 Å². The summed E-state index contributed by atoms with van der Waals surface area (Å²) in [6, 6.07) is 12.7. The molecule has 1 amide bonds. The highest BCUT2D eigenvalue weighted by Crippen LogP contribution is 2.41. The number of carbonyl (C=O) groups excluding carboxylic acids is 2. The summed E-state index contributed by atoms with van der Waals surface area (Å²) < 4.78 is 11.7. The molecule has 0 saturated carbocycles. The second kappa shape index (κ2) is 13.4. The number of aryl methyl sites for hydroxylation is 1. The fraction of sp³-hybridized carbons (Fsp3) is 0.613. The Balaban J connectivity index is 1.67. The molecule has 3 rings (SSSR count). The number of thiophene rings is 1. The summed E-state index contributed by atoms with van der Waals surface area (Å²) in [6.45, 7) is 13.8. The van der Waals surface area contributed by atoms with Crippen molar-refractivity contribution in [1.82, 2.24) is 0 Å². The number of unbranched alkanes of at least 4 members (excludes halogenated alkanes) is 2. The number of amides is 1. The molecule has 2 heterocycles. The van der Waals surface area contributed by atoms with E-state index in [0.29, 0.717) is 11.3 Å². The summed E-state index contributed by atoms with van der Waals surface area (Å²) in [5.41, 5.74) is 2.21. The third-order valence-electron chi connectivity index (χ3n) is 8.19. The van der Waals surface area contributed by atoms with Crippen molar-refractivity contribution in [3.63, 3.8) is 0 Å². The van der Waals surface area contributed by atoms with Crippen LogP contribution in [0.25, 0.3) is 0 Å². The molecule has 5 nitrogen and oxygen atoms in total. The number of esters is 1. The van der Waals surface area contributed by atoms with E-state index in [9.17, 15) is 9.59 Å². The van der Waals surface area contributed by atoms with Gasteiger partial charge in [-0.25, -0.2) is 4.79 Å². The van der Waals surface area contributed by atoms with Gasteiger partial charge in [-0.15, -0.1) is 11.3 Å². The van der Waals surface area contributed by atoms with E-state index in [1.165, 1.54) is 41.7 Å². The first kappa shape index (κ1) is 30.6. The standard InChI is InChI=1S/C31H47NO4SSi/c1-8-9-10-14-27(36-38(6,7)31(2,3)4)23-15-17-25(18-16-23)32-24(19-22-29(32)33)12-11-13-26-20-21-28(37-26)30(34)35-5/h15-18,20-21,24,27H,8-14,19,22H2,1-7H3/t24?,27-/m0/s1. The first-order valence-electron chi connectivity index (χ1n) is 14.2. The zero-order valence-electron chi connectivity index (χ0n) is 24.5. The van der Waals surface area contributed by atoms with Crippen molar-refractivity contribution in [2.45, 2.75) is 116 Å². The van der Waals surface area contributed by atoms with Crippen molar-refractivity contribution in [2.75, 3.05) is 12.0 Å². The molecule has 1 fully saturated rings. The summed E-state index contributed by atoms with van der Waals surface area (Å²) in [6.07, 6.45) is 9.05. The fourth-order valence-electron chi connectivity index (χ4n) is 4.86. The van der Waals surface area contributed by atoms with Gasteiger partial charge in [0.05, 0.1) is 13.2 Å². The number of benzene rings is 1. The average molecular weight is 558 g/mol. The molecule has 1 aromatic carbocycles. The number of carbonyl (C=O) groups is 2. The van der Waals surface area contributed by atoms with Crippen molar-refractivity contribution in [1.29, 1.82) is 0 Å². The van der Waals surface area contributed by atoms with Gasteiger partial charge in [0.1, 0.15) is 4.88 Å². The predicted octanol–water partition coefficient (Wildman–Crippen LogP) is 8.70. The molecule has 0 bridgehead atoms. The van der Waals surface area contributed by atoms with Gasteiger partial charge in [0.25, 0.3) is 0 Å². The van der Waals surface area contributed by atoms with Crippen LogP contribution in [0.4, 0.5) is 5.69 Å². The molecule has 1 aliphatic heterocycles. The number of hydrogen-bond acceptors (Lipinski definition) is 5. The summed E-state index contributed by atoms with van der Waals surface area (Å²) in [5, 5.41) is 0.162. The molecule has 1 saturated heterocycles. The minimum absolute atomic E-state index is 0.0993. The van der Waals surface area contributed by atoms with Gasteiger partial charge in [-0.2, -0.15) is 0 Å². The SMILES string of the molecule is CCCCC[C@H](O[Si](C)(C)C(C)(C)C)c1ccc(N2C(=O)CCC2CCCc2ccc(C(=O)OC)s2)cc1. The highest BCUT2D eigenvalue weighted by Gasteiger charge is 2.39. The first-order valence-corrected chi connectivity index (χ1v) is 18.0. The van der Waals surface area contributed by atoms with Crippen LogP contribution in [-0.2, 0) is 20.4 Å². The van der Waals surface area contributed by atoms with E-state index in [4.69, 9.17) is 9.16 Å². The summed E-state index contributed by atoms with van der Waals surface area (Å²) in [4.78, 5) is 28.4. The summed E-state index contributed by atoms with van der Waals surface area (Å²) in [7, 11) is -0.501. The maximum Gasteiger partial charge on any atom is 0.348 e. The monoisotopic (exact) mass is 557 g/mol. The normalized spacial score (nSPS) is 17.2. The maximum atomic E-state index is 12.9. The second-order valence-corrected chi connectivity index (χ2v) is 18.0. The van der Waals surface area contributed by atoms with Crippen molar-refractivity contribution < 1.29 is 18.8 Å². The second-order valence-electron chi connectivity index (χ2n) is 12.1. The zero-order valence-corrected chi connectivity index (χ0v) is 26.3. The summed E-state index contributed by atoms with van der Waals surface area (Å²) in [5.74, 6) is -0.0663. The Kier molecular flexibility index (Phi) is 10.8. The average Bonchev–Trinajstić information content (AvgIpc) is 3.49. The third kappa shape index (κ3) is 7.79. The van der Waals surface area contributed by atoms with Crippen LogP contribution < -0.4 is 4.90 Å². The lowest BCUT2D eigenvalue weighted by Gasteiger charge is -2.39. The molecule has 2 atom stereocenters. The van der Waals surface area contributed by atoms with Gasteiger partial charge in [-0.3, -0.25) is 4.79 Å². The zero-order chi connectivity index (χ0) is 27.9. The van der Waals surface area contributed by atoms with E-state index in [-0.39, 0.29) is 29.1 Å². The number of rotatable bonds is 13. The Bertz CT molecular complexity index is 1060. The van der Waals surface area contributed by atoms with E-state index in [1.54, 1.807) is 0 Å². The molecule has 1 aromatic heterocycles. The largest absolute Gasteiger partial charge is 0.465 e. The highest BCUT2D eigenvalue weighted by molar-refractivity contribution is 7.13. The first-order chi connectivity index (χ1) is 18.0. The Morgan fingerprint density at radius 2 is 1.82 bits per heavy atom. The molecular formula is C31H47NO4SSi. The lowest BCUT2D eigenvalue weighted by atomic mass is 10.0. The molecule has 0 N–H and O–H groups in total. The predicted molar refractivity (Wildman–Crippen MR) is 161 cm³/mol.